The van der Waals surface area contributed by atoms with Crippen molar-refractivity contribution in [3.8, 4) is 0 Å². The van der Waals surface area contributed by atoms with Crippen LogP contribution in [0.4, 0.5) is 11.4 Å². The minimum absolute atomic E-state index is 0.244. The van der Waals surface area contributed by atoms with E-state index in [9.17, 15) is 8.42 Å². The van der Waals surface area contributed by atoms with Crippen LogP contribution in [0.5, 0.6) is 0 Å². The van der Waals surface area contributed by atoms with Gasteiger partial charge < -0.3 is 5.32 Å². The Hall–Kier alpha value is -1.53. The third kappa shape index (κ3) is 2.59. The molecule has 0 unspecified atom stereocenters. The molecule has 90 valence electrons. The van der Waals surface area contributed by atoms with Gasteiger partial charge in [0.05, 0.1) is 11.4 Å². The van der Waals surface area contributed by atoms with E-state index in [1.807, 2.05) is 5.38 Å². The Morgan fingerprint density at radius 2 is 1.94 bits per heavy atom. The second-order valence-electron chi connectivity index (χ2n) is 3.36. The van der Waals surface area contributed by atoms with Crippen LogP contribution in [0.1, 0.15) is 0 Å². The smallest absolute Gasteiger partial charge is 0.263 e. The van der Waals surface area contributed by atoms with Gasteiger partial charge in [0.2, 0.25) is 0 Å². The first-order chi connectivity index (χ1) is 8.13. The molecule has 0 bridgehead atoms. The number of benzene rings is 1. The van der Waals surface area contributed by atoms with Crippen LogP contribution in [0.3, 0.4) is 0 Å². The SMILES string of the molecule is CNc1ccccc1S(=O)(=O)Nc1ccsc1. The number of thiophene rings is 1. The number of sulfonamides is 1. The van der Waals surface area contributed by atoms with Crippen molar-refractivity contribution in [2.45, 2.75) is 4.90 Å². The number of rotatable bonds is 4. The van der Waals surface area contributed by atoms with Crippen molar-refractivity contribution in [2.75, 3.05) is 17.1 Å². The zero-order valence-corrected chi connectivity index (χ0v) is 10.8. The molecule has 0 aliphatic rings. The Labute approximate surface area is 104 Å². The summed E-state index contributed by atoms with van der Waals surface area (Å²) in [7, 11) is -1.84. The molecule has 0 saturated carbocycles. The lowest BCUT2D eigenvalue weighted by molar-refractivity contribution is 0.601. The largest absolute Gasteiger partial charge is 0.387 e. The molecule has 0 aliphatic heterocycles. The van der Waals surface area contributed by atoms with Crippen LogP contribution in [0.25, 0.3) is 0 Å². The van der Waals surface area contributed by atoms with Gasteiger partial charge in [-0.1, -0.05) is 12.1 Å². The monoisotopic (exact) mass is 268 g/mol. The highest BCUT2D eigenvalue weighted by Crippen LogP contribution is 2.23. The van der Waals surface area contributed by atoms with Gasteiger partial charge in [0.15, 0.2) is 0 Å². The van der Waals surface area contributed by atoms with E-state index in [0.717, 1.165) is 0 Å². The number of hydrogen-bond donors (Lipinski definition) is 2. The van der Waals surface area contributed by atoms with E-state index in [2.05, 4.69) is 10.0 Å². The van der Waals surface area contributed by atoms with Crippen molar-refractivity contribution in [2.24, 2.45) is 0 Å². The van der Waals surface area contributed by atoms with Crippen molar-refractivity contribution in [1.29, 1.82) is 0 Å². The third-order valence-corrected chi connectivity index (χ3v) is 4.34. The number of nitrogens with one attached hydrogen (secondary N) is 2. The zero-order valence-electron chi connectivity index (χ0n) is 9.17. The lowest BCUT2D eigenvalue weighted by atomic mass is 10.3. The lowest BCUT2D eigenvalue weighted by Gasteiger charge is -2.10. The van der Waals surface area contributed by atoms with Crippen molar-refractivity contribution in [1.82, 2.24) is 0 Å². The minimum atomic E-state index is -3.53. The van der Waals surface area contributed by atoms with Gasteiger partial charge in [0.25, 0.3) is 10.0 Å². The molecule has 1 heterocycles. The third-order valence-electron chi connectivity index (χ3n) is 2.22. The van der Waals surface area contributed by atoms with Gasteiger partial charge in [-0.05, 0) is 23.6 Å². The molecule has 6 heteroatoms. The first kappa shape index (κ1) is 11.9. The molecule has 0 spiro atoms. The Bertz CT molecular complexity index is 592. The number of hydrogen-bond acceptors (Lipinski definition) is 4. The van der Waals surface area contributed by atoms with Gasteiger partial charge in [-0.15, -0.1) is 0 Å². The van der Waals surface area contributed by atoms with E-state index in [4.69, 9.17) is 0 Å². The maximum absolute atomic E-state index is 12.1. The summed E-state index contributed by atoms with van der Waals surface area (Å²) in [5.41, 5.74) is 1.16. The van der Waals surface area contributed by atoms with Crippen molar-refractivity contribution in [3.05, 3.63) is 41.1 Å². The molecular formula is C11H12N2O2S2. The maximum atomic E-state index is 12.1. The second-order valence-corrected chi connectivity index (χ2v) is 5.79. The fourth-order valence-corrected chi connectivity index (χ4v) is 3.37. The predicted octanol–water partition coefficient (Wildman–Crippen LogP) is 2.59. The summed E-state index contributed by atoms with van der Waals surface area (Å²) >= 11 is 1.44. The Morgan fingerprint density at radius 3 is 2.59 bits per heavy atom. The lowest BCUT2D eigenvalue weighted by Crippen LogP contribution is -2.14. The fourth-order valence-electron chi connectivity index (χ4n) is 1.44. The highest BCUT2D eigenvalue weighted by atomic mass is 32.2. The van der Waals surface area contributed by atoms with Crippen LogP contribution < -0.4 is 10.0 Å². The normalized spacial score (nSPS) is 11.1. The highest BCUT2D eigenvalue weighted by Gasteiger charge is 2.17. The number of para-hydroxylation sites is 1. The van der Waals surface area contributed by atoms with Gasteiger partial charge in [0, 0.05) is 12.4 Å². The molecule has 2 N–H and O–H groups in total. The standard InChI is InChI=1S/C11H12N2O2S2/c1-12-10-4-2-3-5-11(10)17(14,15)13-9-6-7-16-8-9/h2-8,12-13H,1H3. The summed E-state index contributed by atoms with van der Waals surface area (Å²) in [6, 6.07) is 8.51. The van der Waals surface area contributed by atoms with Crippen LogP contribution in [0.2, 0.25) is 0 Å². The molecule has 0 saturated heterocycles. The second kappa shape index (κ2) is 4.77. The van der Waals surface area contributed by atoms with Crippen LogP contribution in [-0.4, -0.2) is 15.5 Å². The molecule has 2 aromatic rings. The van der Waals surface area contributed by atoms with Crippen molar-refractivity contribution < 1.29 is 8.42 Å². The van der Waals surface area contributed by atoms with Crippen LogP contribution in [0, 0.1) is 0 Å². The van der Waals surface area contributed by atoms with E-state index < -0.39 is 10.0 Å². The van der Waals surface area contributed by atoms with E-state index in [-0.39, 0.29) is 4.90 Å². The predicted molar refractivity (Wildman–Crippen MR) is 71.1 cm³/mol. The Morgan fingerprint density at radius 1 is 1.18 bits per heavy atom. The highest BCUT2D eigenvalue weighted by molar-refractivity contribution is 7.92. The summed E-state index contributed by atoms with van der Waals surface area (Å²) in [6.07, 6.45) is 0. The first-order valence-electron chi connectivity index (χ1n) is 4.95. The van der Waals surface area contributed by atoms with E-state index in [0.29, 0.717) is 11.4 Å². The topological polar surface area (TPSA) is 58.2 Å². The summed E-state index contributed by atoms with van der Waals surface area (Å²) < 4.78 is 26.8. The van der Waals surface area contributed by atoms with E-state index >= 15 is 0 Å². The molecule has 2 rings (SSSR count). The fraction of sp³-hybridized carbons (Fsp3) is 0.0909. The molecule has 17 heavy (non-hydrogen) atoms. The van der Waals surface area contributed by atoms with Crippen molar-refractivity contribution in [3.63, 3.8) is 0 Å². The molecule has 0 fully saturated rings. The van der Waals surface area contributed by atoms with Crippen LogP contribution in [-0.2, 0) is 10.0 Å². The molecule has 0 amide bonds. The van der Waals surface area contributed by atoms with E-state index in [1.54, 1.807) is 42.8 Å². The molecule has 1 aromatic carbocycles. The molecule has 0 aliphatic carbocycles. The first-order valence-corrected chi connectivity index (χ1v) is 7.38. The minimum Gasteiger partial charge on any atom is -0.387 e. The zero-order chi connectivity index (χ0) is 12.3. The number of anilines is 2. The van der Waals surface area contributed by atoms with Gasteiger partial charge in [-0.3, -0.25) is 4.72 Å². The quantitative estimate of drug-likeness (QED) is 0.896. The molecular weight excluding hydrogens is 256 g/mol. The molecule has 4 nitrogen and oxygen atoms in total. The average Bonchev–Trinajstić information content (AvgIpc) is 2.81. The average molecular weight is 268 g/mol. The van der Waals surface area contributed by atoms with Gasteiger partial charge >= 0.3 is 0 Å². The summed E-state index contributed by atoms with van der Waals surface area (Å²) in [6.45, 7) is 0. The van der Waals surface area contributed by atoms with Gasteiger partial charge in [0.1, 0.15) is 4.90 Å². The van der Waals surface area contributed by atoms with Crippen molar-refractivity contribution >= 4 is 32.7 Å². The summed E-state index contributed by atoms with van der Waals surface area (Å²) in [4.78, 5) is 0.244. The maximum Gasteiger partial charge on any atom is 0.263 e. The van der Waals surface area contributed by atoms with E-state index in [1.165, 1.54) is 11.3 Å². The molecule has 1 aromatic heterocycles. The Kier molecular flexibility index (Phi) is 3.35. The summed E-state index contributed by atoms with van der Waals surface area (Å²) in [5.74, 6) is 0. The molecule has 0 atom stereocenters. The van der Waals surface area contributed by atoms with Gasteiger partial charge in [-0.2, -0.15) is 11.3 Å². The Balaban J connectivity index is 2.38. The van der Waals surface area contributed by atoms with Gasteiger partial charge in [-0.25, -0.2) is 8.42 Å². The summed E-state index contributed by atoms with van der Waals surface area (Å²) in [5, 5.41) is 6.44. The van der Waals surface area contributed by atoms with Crippen LogP contribution in [0.15, 0.2) is 46.0 Å². The van der Waals surface area contributed by atoms with Crippen LogP contribution >= 0.6 is 11.3 Å². The molecule has 0 radical (unpaired) electrons.